The van der Waals surface area contributed by atoms with Crippen LogP contribution < -0.4 is 15.6 Å². The molecule has 0 radical (unpaired) electrons. The number of carbonyl (C=O) groups is 1. The van der Waals surface area contributed by atoms with Gasteiger partial charge in [-0.1, -0.05) is 18.2 Å². The number of aryl methyl sites for hydroxylation is 3. The predicted octanol–water partition coefficient (Wildman–Crippen LogP) is 2.61. The summed E-state index contributed by atoms with van der Waals surface area (Å²) >= 11 is 0. The van der Waals surface area contributed by atoms with Gasteiger partial charge in [0.1, 0.15) is 5.75 Å². The maximum Gasteiger partial charge on any atom is 0.260 e. The first-order valence-electron chi connectivity index (χ1n) is 9.02. The molecular weight excluding hydrogens is 342 g/mol. The number of hydrogen-bond acceptors (Lipinski definition) is 3. The molecule has 6 heteroatoms. The molecule has 0 aliphatic carbocycles. The molecule has 3 heterocycles. The van der Waals surface area contributed by atoms with Gasteiger partial charge in [-0.25, -0.2) is 0 Å². The molecule has 0 fully saturated rings. The SMILES string of the molecule is Cc1cn(C)c(=O)c2c(C(=O)NC3(C)CCOc4ccccc43)cn(C)c12. The zero-order valence-electron chi connectivity index (χ0n) is 16.0. The van der Waals surface area contributed by atoms with Crippen LogP contribution in [0.15, 0.2) is 41.5 Å². The van der Waals surface area contributed by atoms with E-state index in [0.717, 1.165) is 22.4 Å². The lowest BCUT2D eigenvalue weighted by Crippen LogP contribution is -2.46. The summed E-state index contributed by atoms with van der Waals surface area (Å²) in [5, 5.41) is 3.62. The minimum absolute atomic E-state index is 0.168. The number of ether oxygens (including phenoxy) is 1. The van der Waals surface area contributed by atoms with Gasteiger partial charge >= 0.3 is 0 Å². The predicted molar refractivity (Wildman–Crippen MR) is 104 cm³/mol. The minimum Gasteiger partial charge on any atom is -0.493 e. The van der Waals surface area contributed by atoms with Crippen LogP contribution in [0.4, 0.5) is 0 Å². The van der Waals surface area contributed by atoms with Gasteiger partial charge in [0.2, 0.25) is 0 Å². The van der Waals surface area contributed by atoms with Crippen molar-refractivity contribution in [2.45, 2.75) is 25.8 Å². The number of amides is 1. The van der Waals surface area contributed by atoms with E-state index in [4.69, 9.17) is 4.74 Å². The van der Waals surface area contributed by atoms with Crippen LogP contribution in [0.2, 0.25) is 0 Å². The van der Waals surface area contributed by atoms with Gasteiger partial charge in [0, 0.05) is 38.5 Å². The summed E-state index contributed by atoms with van der Waals surface area (Å²) in [6, 6.07) is 7.75. The fourth-order valence-corrected chi connectivity index (χ4v) is 4.07. The normalized spacial score (nSPS) is 18.8. The van der Waals surface area contributed by atoms with Crippen LogP contribution in [-0.4, -0.2) is 21.6 Å². The molecule has 0 bridgehead atoms. The molecule has 1 aromatic carbocycles. The van der Waals surface area contributed by atoms with Crippen molar-refractivity contribution < 1.29 is 9.53 Å². The third-order valence-corrected chi connectivity index (χ3v) is 5.45. The van der Waals surface area contributed by atoms with E-state index in [2.05, 4.69) is 5.32 Å². The van der Waals surface area contributed by atoms with Gasteiger partial charge in [0.05, 0.1) is 28.6 Å². The molecule has 1 aliphatic rings. The van der Waals surface area contributed by atoms with Gasteiger partial charge in [0.25, 0.3) is 11.5 Å². The highest BCUT2D eigenvalue weighted by Gasteiger charge is 2.35. The highest BCUT2D eigenvalue weighted by molar-refractivity contribution is 6.07. The molecule has 0 spiro atoms. The first-order chi connectivity index (χ1) is 12.8. The molecule has 140 valence electrons. The van der Waals surface area contributed by atoms with Crippen molar-refractivity contribution in [1.82, 2.24) is 14.5 Å². The quantitative estimate of drug-likeness (QED) is 0.759. The summed E-state index contributed by atoms with van der Waals surface area (Å²) in [7, 11) is 3.57. The van der Waals surface area contributed by atoms with Crippen LogP contribution in [0.1, 0.15) is 34.8 Å². The molecule has 0 saturated carbocycles. The number of para-hydroxylation sites is 1. The lowest BCUT2D eigenvalue weighted by atomic mass is 9.86. The summed E-state index contributed by atoms with van der Waals surface area (Å²) in [6.07, 6.45) is 4.20. The Morgan fingerprint density at radius 2 is 1.93 bits per heavy atom. The lowest BCUT2D eigenvalue weighted by Gasteiger charge is -2.36. The summed E-state index contributed by atoms with van der Waals surface area (Å²) < 4.78 is 9.10. The number of nitrogens with one attached hydrogen (secondary N) is 1. The van der Waals surface area contributed by atoms with E-state index < -0.39 is 5.54 Å². The lowest BCUT2D eigenvalue weighted by molar-refractivity contribution is 0.0875. The van der Waals surface area contributed by atoms with Crippen molar-refractivity contribution in [2.24, 2.45) is 14.1 Å². The van der Waals surface area contributed by atoms with Crippen LogP contribution in [-0.2, 0) is 19.6 Å². The van der Waals surface area contributed by atoms with Crippen LogP contribution in [0.25, 0.3) is 10.9 Å². The van der Waals surface area contributed by atoms with Crippen molar-refractivity contribution in [3.8, 4) is 5.75 Å². The molecular formula is C21H23N3O3. The summed E-state index contributed by atoms with van der Waals surface area (Å²) in [6.45, 7) is 4.48. The molecule has 1 N–H and O–H groups in total. The summed E-state index contributed by atoms with van der Waals surface area (Å²) in [5.74, 6) is 0.540. The van der Waals surface area contributed by atoms with Crippen molar-refractivity contribution in [3.05, 3.63) is 63.7 Å². The molecule has 6 nitrogen and oxygen atoms in total. The molecule has 1 aliphatic heterocycles. The number of hydrogen-bond donors (Lipinski definition) is 1. The number of nitrogens with zero attached hydrogens (tertiary/aromatic N) is 2. The number of carbonyl (C=O) groups excluding carboxylic acids is 1. The Morgan fingerprint density at radius 1 is 1.19 bits per heavy atom. The van der Waals surface area contributed by atoms with E-state index in [1.54, 1.807) is 19.4 Å². The first kappa shape index (κ1) is 17.4. The Labute approximate surface area is 157 Å². The number of benzene rings is 1. The van der Waals surface area contributed by atoms with E-state index in [9.17, 15) is 9.59 Å². The molecule has 2 aromatic heterocycles. The standard InChI is InChI=1S/C21H23N3O3/c1-13-11-24(4)20(26)17-14(12-23(3)18(13)17)19(25)22-21(2)9-10-27-16-8-6-5-7-15(16)21/h5-8,11-12H,9-10H2,1-4H3,(H,22,25). The second kappa shape index (κ2) is 6.01. The van der Waals surface area contributed by atoms with E-state index in [1.807, 2.05) is 49.7 Å². The Kier molecular flexibility index (Phi) is 3.87. The molecule has 3 aromatic rings. The van der Waals surface area contributed by atoms with Crippen LogP contribution in [0, 0.1) is 6.92 Å². The number of aromatic nitrogens is 2. The Hall–Kier alpha value is -3.02. The third kappa shape index (κ3) is 2.63. The number of rotatable bonds is 2. The summed E-state index contributed by atoms with van der Waals surface area (Å²) in [5.41, 5.74) is 2.38. The summed E-state index contributed by atoms with van der Waals surface area (Å²) in [4.78, 5) is 26.0. The first-order valence-corrected chi connectivity index (χ1v) is 9.02. The second-order valence-corrected chi connectivity index (χ2v) is 7.49. The average molecular weight is 365 g/mol. The van der Waals surface area contributed by atoms with Gasteiger partial charge in [0.15, 0.2) is 0 Å². The highest BCUT2D eigenvalue weighted by Crippen LogP contribution is 2.36. The smallest absolute Gasteiger partial charge is 0.260 e. The van der Waals surface area contributed by atoms with Crippen LogP contribution >= 0.6 is 0 Å². The zero-order chi connectivity index (χ0) is 19.3. The molecule has 1 atom stereocenters. The van der Waals surface area contributed by atoms with Gasteiger partial charge in [-0.15, -0.1) is 0 Å². The van der Waals surface area contributed by atoms with Gasteiger partial charge in [-0.2, -0.15) is 0 Å². The van der Waals surface area contributed by atoms with E-state index in [-0.39, 0.29) is 11.5 Å². The second-order valence-electron chi connectivity index (χ2n) is 7.49. The molecule has 0 saturated heterocycles. The molecule has 4 rings (SSSR count). The van der Waals surface area contributed by atoms with E-state index in [1.165, 1.54) is 4.57 Å². The molecule has 1 unspecified atom stereocenters. The third-order valence-electron chi connectivity index (χ3n) is 5.45. The largest absolute Gasteiger partial charge is 0.493 e. The fraction of sp³-hybridized carbons (Fsp3) is 0.333. The van der Waals surface area contributed by atoms with Crippen molar-refractivity contribution in [2.75, 3.05) is 6.61 Å². The van der Waals surface area contributed by atoms with Crippen molar-refractivity contribution >= 4 is 16.8 Å². The van der Waals surface area contributed by atoms with Gasteiger partial charge in [-0.3, -0.25) is 9.59 Å². The zero-order valence-corrected chi connectivity index (χ0v) is 16.0. The van der Waals surface area contributed by atoms with Crippen LogP contribution in [0.3, 0.4) is 0 Å². The van der Waals surface area contributed by atoms with E-state index >= 15 is 0 Å². The van der Waals surface area contributed by atoms with Gasteiger partial charge < -0.3 is 19.2 Å². The number of fused-ring (bicyclic) bond motifs is 2. The highest BCUT2D eigenvalue weighted by atomic mass is 16.5. The van der Waals surface area contributed by atoms with E-state index in [0.29, 0.717) is 24.0 Å². The molecule has 27 heavy (non-hydrogen) atoms. The topological polar surface area (TPSA) is 65.3 Å². The monoisotopic (exact) mass is 365 g/mol. The Morgan fingerprint density at radius 3 is 2.70 bits per heavy atom. The Balaban J connectivity index is 1.81. The maximum absolute atomic E-state index is 13.2. The number of pyridine rings is 1. The maximum atomic E-state index is 13.2. The van der Waals surface area contributed by atoms with Crippen LogP contribution in [0.5, 0.6) is 5.75 Å². The minimum atomic E-state index is -0.552. The molecule has 1 amide bonds. The van der Waals surface area contributed by atoms with Gasteiger partial charge in [-0.05, 0) is 25.5 Å². The average Bonchev–Trinajstić information content (AvgIpc) is 2.98. The fourth-order valence-electron chi connectivity index (χ4n) is 4.07. The van der Waals surface area contributed by atoms with Crippen molar-refractivity contribution in [1.29, 1.82) is 0 Å². The van der Waals surface area contributed by atoms with Crippen molar-refractivity contribution in [3.63, 3.8) is 0 Å². The Bertz CT molecular complexity index is 1130.